The fourth-order valence-corrected chi connectivity index (χ4v) is 2.29. The smallest absolute Gasteiger partial charge is 0.328 e. The van der Waals surface area contributed by atoms with Gasteiger partial charge in [0.05, 0.1) is 19.2 Å². The van der Waals surface area contributed by atoms with Crippen molar-refractivity contribution in [1.82, 2.24) is 16.0 Å². The lowest BCUT2D eigenvalue weighted by Crippen LogP contribution is -2.56. The summed E-state index contributed by atoms with van der Waals surface area (Å²) in [5.41, 5.74) is 5.84. The number of hydrogen-bond acceptors (Lipinski definition) is 6. The molecule has 3 amide bonds. The predicted molar refractivity (Wildman–Crippen MR) is 98.5 cm³/mol. The van der Waals surface area contributed by atoms with Gasteiger partial charge < -0.3 is 31.9 Å². The number of amides is 3. The van der Waals surface area contributed by atoms with Crippen molar-refractivity contribution in [2.24, 2.45) is 17.6 Å². The number of nitrogens with two attached hydrogens (primary N) is 1. The van der Waals surface area contributed by atoms with Gasteiger partial charge in [-0.05, 0) is 18.3 Å². The first-order valence-electron chi connectivity index (χ1n) is 9.00. The van der Waals surface area contributed by atoms with Gasteiger partial charge in [-0.15, -0.1) is 0 Å². The molecule has 7 N–H and O–H groups in total. The summed E-state index contributed by atoms with van der Waals surface area (Å²) in [6.45, 7) is 6.25. The third kappa shape index (κ3) is 9.34. The number of nitrogens with one attached hydrogen (secondary N) is 3. The molecule has 0 saturated carbocycles. The third-order valence-corrected chi connectivity index (χ3v) is 4.09. The van der Waals surface area contributed by atoms with Crippen LogP contribution in [0.3, 0.4) is 0 Å². The zero-order valence-electron chi connectivity index (χ0n) is 16.3. The zero-order chi connectivity index (χ0) is 21.1. The van der Waals surface area contributed by atoms with Gasteiger partial charge >= 0.3 is 5.97 Å². The highest BCUT2D eigenvalue weighted by Gasteiger charge is 2.28. The zero-order valence-corrected chi connectivity index (χ0v) is 16.3. The Bertz CT molecular complexity index is 526. The van der Waals surface area contributed by atoms with Gasteiger partial charge in [-0.1, -0.05) is 34.1 Å². The van der Waals surface area contributed by atoms with Crippen LogP contribution < -0.4 is 21.7 Å². The Kier molecular flexibility index (Phi) is 11.2. The van der Waals surface area contributed by atoms with Gasteiger partial charge in [0.2, 0.25) is 17.7 Å². The molecular weight excluding hydrogens is 356 g/mol. The minimum atomic E-state index is -1.45. The van der Waals surface area contributed by atoms with Crippen molar-refractivity contribution in [3.8, 4) is 0 Å². The van der Waals surface area contributed by atoms with E-state index in [2.05, 4.69) is 16.0 Å². The van der Waals surface area contributed by atoms with Gasteiger partial charge in [-0.25, -0.2) is 4.79 Å². The SMILES string of the molecule is CCC(C)C(NC(=O)C(N)CC(C)C)C(=O)NCC(=O)NC(CO)C(=O)O. The first-order chi connectivity index (χ1) is 12.5. The largest absolute Gasteiger partial charge is 0.480 e. The maximum absolute atomic E-state index is 12.4. The van der Waals surface area contributed by atoms with E-state index in [1.807, 2.05) is 20.8 Å². The van der Waals surface area contributed by atoms with Crippen molar-refractivity contribution >= 4 is 23.7 Å². The van der Waals surface area contributed by atoms with Crippen molar-refractivity contribution in [3.63, 3.8) is 0 Å². The molecule has 0 radical (unpaired) electrons. The molecule has 156 valence electrons. The van der Waals surface area contributed by atoms with Gasteiger partial charge in [0, 0.05) is 0 Å². The average Bonchev–Trinajstić information content (AvgIpc) is 2.60. The molecule has 10 heteroatoms. The minimum Gasteiger partial charge on any atom is -0.480 e. The van der Waals surface area contributed by atoms with Crippen LogP contribution in [-0.4, -0.2) is 65.2 Å². The maximum Gasteiger partial charge on any atom is 0.328 e. The molecule has 0 heterocycles. The third-order valence-electron chi connectivity index (χ3n) is 4.09. The summed E-state index contributed by atoms with van der Waals surface area (Å²) in [5, 5.41) is 24.7. The van der Waals surface area contributed by atoms with E-state index in [1.54, 1.807) is 6.92 Å². The van der Waals surface area contributed by atoms with Crippen LogP contribution in [0.1, 0.15) is 40.5 Å². The molecule has 0 spiro atoms. The van der Waals surface area contributed by atoms with Crippen LogP contribution in [0, 0.1) is 11.8 Å². The Labute approximate surface area is 159 Å². The van der Waals surface area contributed by atoms with Crippen LogP contribution >= 0.6 is 0 Å². The Hall–Kier alpha value is -2.20. The molecule has 0 aromatic heterocycles. The molecular formula is C17H32N4O6. The summed E-state index contributed by atoms with van der Waals surface area (Å²) >= 11 is 0. The van der Waals surface area contributed by atoms with Crippen molar-refractivity contribution in [1.29, 1.82) is 0 Å². The molecule has 4 unspecified atom stereocenters. The maximum atomic E-state index is 12.4. The molecule has 0 fully saturated rings. The predicted octanol–water partition coefficient (Wildman–Crippen LogP) is -1.43. The fourth-order valence-electron chi connectivity index (χ4n) is 2.29. The van der Waals surface area contributed by atoms with Crippen molar-refractivity contribution in [2.45, 2.75) is 58.7 Å². The number of aliphatic hydroxyl groups is 1. The molecule has 0 aliphatic rings. The van der Waals surface area contributed by atoms with E-state index in [1.165, 1.54) is 0 Å². The number of aliphatic carboxylic acids is 1. The molecule has 0 aromatic carbocycles. The molecule has 27 heavy (non-hydrogen) atoms. The molecule has 4 atom stereocenters. The molecule has 0 aromatic rings. The van der Waals surface area contributed by atoms with Gasteiger partial charge in [-0.2, -0.15) is 0 Å². The van der Waals surface area contributed by atoms with Crippen LogP contribution in [0.2, 0.25) is 0 Å². The Morgan fingerprint density at radius 3 is 2.07 bits per heavy atom. The van der Waals surface area contributed by atoms with Crippen molar-refractivity contribution in [3.05, 3.63) is 0 Å². The first-order valence-corrected chi connectivity index (χ1v) is 9.00. The summed E-state index contributed by atoms with van der Waals surface area (Å²) < 4.78 is 0. The van der Waals surface area contributed by atoms with E-state index in [0.717, 1.165) is 0 Å². The lowest BCUT2D eigenvalue weighted by molar-refractivity contribution is -0.142. The summed E-state index contributed by atoms with van der Waals surface area (Å²) in [4.78, 5) is 47.1. The monoisotopic (exact) mass is 388 g/mol. The van der Waals surface area contributed by atoms with E-state index in [4.69, 9.17) is 15.9 Å². The van der Waals surface area contributed by atoms with Gasteiger partial charge in [0.15, 0.2) is 0 Å². The van der Waals surface area contributed by atoms with E-state index >= 15 is 0 Å². The van der Waals surface area contributed by atoms with Gasteiger partial charge in [-0.3, -0.25) is 14.4 Å². The van der Waals surface area contributed by atoms with Gasteiger partial charge in [0.25, 0.3) is 0 Å². The van der Waals surface area contributed by atoms with Crippen LogP contribution in [0.5, 0.6) is 0 Å². The summed E-state index contributed by atoms with van der Waals surface area (Å²) in [7, 11) is 0. The molecule has 0 aliphatic heterocycles. The van der Waals surface area contributed by atoms with Crippen LogP contribution in [0.25, 0.3) is 0 Å². The molecule has 0 rings (SSSR count). The number of carbonyl (C=O) groups is 4. The lowest BCUT2D eigenvalue weighted by Gasteiger charge is -2.25. The first kappa shape index (κ1) is 24.8. The molecule has 0 bridgehead atoms. The van der Waals surface area contributed by atoms with Crippen molar-refractivity contribution < 1.29 is 29.4 Å². The van der Waals surface area contributed by atoms with E-state index < -0.39 is 55.0 Å². The number of carbonyl (C=O) groups excluding carboxylic acids is 3. The van der Waals surface area contributed by atoms with Crippen molar-refractivity contribution in [2.75, 3.05) is 13.2 Å². The lowest BCUT2D eigenvalue weighted by atomic mass is 9.97. The van der Waals surface area contributed by atoms with E-state index in [-0.39, 0.29) is 11.8 Å². The summed E-state index contributed by atoms with van der Waals surface area (Å²) in [6, 6.07) is -3.07. The highest BCUT2D eigenvalue weighted by molar-refractivity contribution is 5.92. The normalized spacial score (nSPS) is 15.4. The van der Waals surface area contributed by atoms with Crippen LogP contribution in [-0.2, 0) is 19.2 Å². The highest BCUT2D eigenvalue weighted by Crippen LogP contribution is 2.09. The number of hydrogen-bond donors (Lipinski definition) is 6. The molecule has 0 saturated heterocycles. The number of carboxylic acids is 1. The topological polar surface area (TPSA) is 171 Å². The Morgan fingerprint density at radius 1 is 1.04 bits per heavy atom. The second-order valence-electron chi connectivity index (χ2n) is 6.97. The standard InChI is InChI=1S/C17H32N4O6/c1-5-10(4)14(21-15(24)11(18)6-9(2)3)16(25)19-7-13(23)20-12(8-22)17(26)27/h9-12,14,22H,5-8,18H2,1-4H3,(H,19,25)(H,20,23)(H,21,24)(H,26,27). The van der Waals surface area contributed by atoms with Crippen LogP contribution in [0.15, 0.2) is 0 Å². The van der Waals surface area contributed by atoms with E-state index in [0.29, 0.717) is 12.8 Å². The summed E-state index contributed by atoms with van der Waals surface area (Å²) in [6.07, 6.45) is 1.08. The van der Waals surface area contributed by atoms with Crippen LogP contribution in [0.4, 0.5) is 0 Å². The quantitative estimate of drug-likeness (QED) is 0.238. The highest BCUT2D eigenvalue weighted by atomic mass is 16.4. The second-order valence-corrected chi connectivity index (χ2v) is 6.97. The Morgan fingerprint density at radius 2 is 1.63 bits per heavy atom. The number of aliphatic hydroxyl groups excluding tert-OH is 1. The molecule has 0 aliphatic carbocycles. The summed E-state index contributed by atoms with van der Waals surface area (Å²) in [5.74, 6) is -3.15. The number of rotatable bonds is 12. The van der Waals surface area contributed by atoms with E-state index in [9.17, 15) is 19.2 Å². The molecule has 10 nitrogen and oxygen atoms in total. The second kappa shape index (κ2) is 12.2. The van der Waals surface area contributed by atoms with Gasteiger partial charge in [0.1, 0.15) is 12.1 Å². The number of carboxylic acid groups (broad SMARTS) is 1. The minimum absolute atomic E-state index is 0.201. The fraction of sp³-hybridized carbons (Fsp3) is 0.765. The Balaban J connectivity index is 4.82. The average molecular weight is 388 g/mol.